The van der Waals surface area contributed by atoms with Crippen LogP contribution in [0.1, 0.15) is 19.2 Å². The Kier molecular flexibility index (Phi) is 6.10. The predicted molar refractivity (Wildman–Crippen MR) is 73.5 cm³/mol. The first kappa shape index (κ1) is 15.5. The van der Waals surface area contributed by atoms with Crippen molar-refractivity contribution in [2.24, 2.45) is 5.73 Å². The molecule has 1 aromatic heterocycles. The SMILES string of the molecule is CCCS(=O)(=O)CCSc1nnc(C)n1CCN. The highest BCUT2D eigenvalue weighted by atomic mass is 32.2. The summed E-state index contributed by atoms with van der Waals surface area (Å²) in [6, 6.07) is 0. The van der Waals surface area contributed by atoms with Crippen molar-refractivity contribution in [3.8, 4) is 0 Å². The van der Waals surface area contributed by atoms with E-state index in [2.05, 4.69) is 10.2 Å². The third-order valence-corrected chi connectivity index (χ3v) is 5.48. The second-order valence-electron chi connectivity index (χ2n) is 3.97. The Bertz CT molecular complexity index is 470. The topological polar surface area (TPSA) is 90.9 Å². The molecule has 2 N–H and O–H groups in total. The number of aromatic nitrogens is 3. The fourth-order valence-electron chi connectivity index (χ4n) is 1.53. The second-order valence-corrected chi connectivity index (χ2v) is 7.34. The highest BCUT2D eigenvalue weighted by Gasteiger charge is 2.12. The van der Waals surface area contributed by atoms with Gasteiger partial charge in [0.15, 0.2) is 15.0 Å². The third-order valence-electron chi connectivity index (χ3n) is 2.40. The quantitative estimate of drug-likeness (QED) is 0.700. The van der Waals surface area contributed by atoms with Crippen LogP contribution in [0.25, 0.3) is 0 Å². The molecule has 0 unspecified atom stereocenters. The van der Waals surface area contributed by atoms with Crippen molar-refractivity contribution in [3.05, 3.63) is 5.82 Å². The molecule has 0 aliphatic heterocycles. The predicted octanol–water partition coefficient (Wildman–Crippen LogP) is 0.462. The lowest BCUT2D eigenvalue weighted by Gasteiger charge is -2.06. The van der Waals surface area contributed by atoms with Gasteiger partial charge < -0.3 is 10.3 Å². The fourth-order valence-corrected chi connectivity index (χ4v) is 4.36. The van der Waals surface area contributed by atoms with Crippen LogP contribution in [0.3, 0.4) is 0 Å². The van der Waals surface area contributed by atoms with Gasteiger partial charge in [0.1, 0.15) is 5.82 Å². The van der Waals surface area contributed by atoms with E-state index >= 15 is 0 Å². The largest absolute Gasteiger partial charge is 0.329 e. The van der Waals surface area contributed by atoms with E-state index in [9.17, 15) is 8.42 Å². The molecule has 0 saturated heterocycles. The van der Waals surface area contributed by atoms with Crippen LogP contribution in [0.15, 0.2) is 5.16 Å². The lowest BCUT2D eigenvalue weighted by atomic mass is 10.6. The van der Waals surface area contributed by atoms with Gasteiger partial charge in [-0.15, -0.1) is 10.2 Å². The van der Waals surface area contributed by atoms with E-state index in [1.807, 2.05) is 18.4 Å². The van der Waals surface area contributed by atoms with Crippen molar-refractivity contribution in [2.75, 3.05) is 23.8 Å². The zero-order valence-electron chi connectivity index (χ0n) is 10.8. The smallest absolute Gasteiger partial charge is 0.191 e. The number of rotatable bonds is 8. The van der Waals surface area contributed by atoms with E-state index < -0.39 is 9.84 Å². The molecule has 104 valence electrons. The van der Waals surface area contributed by atoms with Crippen molar-refractivity contribution in [3.63, 3.8) is 0 Å². The molecule has 1 heterocycles. The Morgan fingerprint density at radius 2 is 2.06 bits per heavy atom. The fraction of sp³-hybridized carbons (Fsp3) is 0.800. The molecule has 0 aromatic carbocycles. The zero-order chi connectivity index (χ0) is 13.6. The first-order chi connectivity index (χ1) is 8.50. The number of hydrogen-bond acceptors (Lipinski definition) is 6. The molecule has 0 amide bonds. The van der Waals surface area contributed by atoms with Crippen molar-refractivity contribution in [1.82, 2.24) is 14.8 Å². The Balaban J connectivity index is 2.54. The first-order valence-electron chi connectivity index (χ1n) is 5.93. The van der Waals surface area contributed by atoms with E-state index in [1.165, 1.54) is 11.8 Å². The molecule has 0 radical (unpaired) electrons. The number of sulfone groups is 1. The van der Waals surface area contributed by atoms with Gasteiger partial charge in [-0.2, -0.15) is 0 Å². The van der Waals surface area contributed by atoms with Crippen LogP contribution in [0.2, 0.25) is 0 Å². The first-order valence-corrected chi connectivity index (χ1v) is 8.74. The maximum atomic E-state index is 11.6. The summed E-state index contributed by atoms with van der Waals surface area (Å²) in [6.07, 6.45) is 0.662. The van der Waals surface area contributed by atoms with Crippen molar-refractivity contribution in [1.29, 1.82) is 0 Å². The Labute approximate surface area is 112 Å². The summed E-state index contributed by atoms with van der Waals surface area (Å²) < 4.78 is 25.0. The second kappa shape index (κ2) is 7.10. The van der Waals surface area contributed by atoms with Crippen LogP contribution in [0.4, 0.5) is 0 Å². The summed E-state index contributed by atoms with van der Waals surface area (Å²) in [7, 11) is -2.92. The number of aryl methyl sites for hydroxylation is 1. The minimum Gasteiger partial charge on any atom is -0.329 e. The van der Waals surface area contributed by atoms with Crippen LogP contribution in [-0.2, 0) is 16.4 Å². The number of nitrogens with zero attached hydrogens (tertiary/aromatic N) is 3. The zero-order valence-corrected chi connectivity index (χ0v) is 12.4. The van der Waals surface area contributed by atoms with Crippen LogP contribution in [0.5, 0.6) is 0 Å². The van der Waals surface area contributed by atoms with Crippen LogP contribution in [0, 0.1) is 6.92 Å². The average Bonchev–Trinajstić information content (AvgIpc) is 2.62. The van der Waals surface area contributed by atoms with Gasteiger partial charge in [0.25, 0.3) is 0 Å². The van der Waals surface area contributed by atoms with Crippen LogP contribution < -0.4 is 5.73 Å². The molecule has 1 aromatic rings. The molecule has 0 aliphatic carbocycles. The molecule has 6 nitrogen and oxygen atoms in total. The Hall–Kier alpha value is -0.600. The van der Waals surface area contributed by atoms with Crippen molar-refractivity contribution in [2.45, 2.75) is 32.0 Å². The van der Waals surface area contributed by atoms with E-state index in [-0.39, 0.29) is 11.5 Å². The lowest BCUT2D eigenvalue weighted by molar-refractivity contribution is 0.596. The molecule has 8 heteroatoms. The number of thioether (sulfide) groups is 1. The molecule has 0 bridgehead atoms. The van der Waals surface area contributed by atoms with Gasteiger partial charge in [0.05, 0.1) is 5.75 Å². The number of hydrogen-bond donors (Lipinski definition) is 1. The van der Waals surface area contributed by atoms with Crippen molar-refractivity contribution < 1.29 is 8.42 Å². The normalized spacial score (nSPS) is 11.9. The summed E-state index contributed by atoms with van der Waals surface area (Å²) in [4.78, 5) is 0. The standard InChI is InChI=1S/C10H20N4O2S2/c1-3-7-18(15,16)8-6-17-10-13-12-9(2)14(10)5-4-11/h3-8,11H2,1-2H3. The van der Waals surface area contributed by atoms with Crippen LogP contribution in [-0.4, -0.2) is 47.0 Å². The minimum atomic E-state index is -2.92. The molecule has 0 saturated carbocycles. The monoisotopic (exact) mass is 292 g/mol. The maximum Gasteiger partial charge on any atom is 0.191 e. The van der Waals surface area contributed by atoms with Gasteiger partial charge in [-0.1, -0.05) is 18.7 Å². The van der Waals surface area contributed by atoms with Crippen LogP contribution >= 0.6 is 11.8 Å². The Morgan fingerprint density at radius 3 is 2.67 bits per heavy atom. The molecule has 0 spiro atoms. The molecular formula is C10H20N4O2S2. The summed E-state index contributed by atoms with van der Waals surface area (Å²) in [5.74, 6) is 1.74. The number of nitrogens with two attached hydrogens (primary N) is 1. The summed E-state index contributed by atoms with van der Waals surface area (Å²) in [5.41, 5.74) is 5.51. The van der Waals surface area contributed by atoms with Gasteiger partial charge in [-0.05, 0) is 13.3 Å². The molecule has 0 aliphatic rings. The average molecular weight is 292 g/mol. The molecule has 0 fully saturated rings. The minimum absolute atomic E-state index is 0.181. The molecule has 1 rings (SSSR count). The van der Waals surface area contributed by atoms with E-state index in [4.69, 9.17) is 5.73 Å². The summed E-state index contributed by atoms with van der Waals surface area (Å²) >= 11 is 1.42. The Morgan fingerprint density at radius 1 is 1.33 bits per heavy atom. The van der Waals surface area contributed by atoms with E-state index in [0.29, 0.717) is 25.3 Å². The highest BCUT2D eigenvalue weighted by Crippen LogP contribution is 2.17. The van der Waals surface area contributed by atoms with E-state index in [0.717, 1.165) is 11.0 Å². The van der Waals surface area contributed by atoms with Gasteiger partial charge in [0.2, 0.25) is 0 Å². The maximum absolute atomic E-state index is 11.6. The third kappa shape index (κ3) is 4.58. The molecule has 18 heavy (non-hydrogen) atoms. The van der Waals surface area contributed by atoms with E-state index in [1.54, 1.807) is 0 Å². The summed E-state index contributed by atoms with van der Waals surface area (Å²) in [6.45, 7) is 4.90. The van der Waals surface area contributed by atoms with Crippen molar-refractivity contribution >= 4 is 21.6 Å². The van der Waals surface area contributed by atoms with Gasteiger partial charge in [-0.25, -0.2) is 8.42 Å². The molecular weight excluding hydrogens is 272 g/mol. The van der Waals surface area contributed by atoms with Gasteiger partial charge in [0, 0.05) is 24.6 Å². The van der Waals surface area contributed by atoms with Gasteiger partial charge >= 0.3 is 0 Å². The van der Waals surface area contributed by atoms with Gasteiger partial charge in [-0.3, -0.25) is 0 Å². The highest BCUT2D eigenvalue weighted by molar-refractivity contribution is 8.00. The molecule has 0 atom stereocenters. The lowest BCUT2D eigenvalue weighted by Crippen LogP contribution is -2.14. The summed E-state index contributed by atoms with van der Waals surface area (Å²) in [5, 5.41) is 8.74.